The zero-order valence-corrected chi connectivity index (χ0v) is 22.1. The third-order valence-electron chi connectivity index (χ3n) is 6.81. The summed E-state index contributed by atoms with van der Waals surface area (Å²) in [5.74, 6) is -1.39. The van der Waals surface area contributed by atoms with Gasteiger partial charge in [-0.05, 0) is 77.4 Å². The average molecular weight is 518 g/mol. The number of pyridine rings is 1. The maximum Gasteiger partial charge on any atom is 0.311 e. The van der Waals surface area contributed by atoms with E-state index in [1.807, 2.05) is 36.4 Å². The molecular weight excluding hydrogens is 486 g/mol. The molecule has 2 atom stereocenters. The summed E-state index contributed by atoms with van der Waals surface area (Å²) in [6.07, 6.45) is 5.05. The normalized spacial score (nSPS) is 12.1. The van der Waals surface area contributed by atoms with E-state index in [4.69, 9.17) is 4.74 Å². The average Bonchev–Trinajstić information content (AvgIpc) is 3.00. The van der Waals surface area contributed by atoms with E-state index in [0.717, 1.165) is 28.7 Å². The largest absolute Gasteiger partial charge is 0.469 e. The monoisotopic (exact) mass is 517 g/mol. The van der Waals surface area contributed by atoms with Gasteiger partial charge in [-0.25, -0.2) is 0 Å². The molecule has 4 aromatic rings. The molecule has 0 aliphatic heterocycles. The summed E-state index contributed by atoms with van der Waals surface area (Å²) in [6.45, 7) is 2.12. The highest BCUT2D eigenvalue weighted by atomic mass is 16.5. The molecule has 1 heterocycles. The van der Waals surface area contributed by atoms with Crippen LogP contribution in [0.25, 0.3) is 11.1 Å². The molecule has 4 rings (SSSR count). The third-order valence-corrected chi connectivity index (χ3v) is 6.81. The number of aromatic nitrogens is 1. The highest BCUT2D eigenvalue weighted by molar-refractivity contribution is 5.95. The number of carbonyl (C=O) groups excluding carboxylic acids is 2. The molecule has 0 fully saturated rings. The van der Waals surface area contributed by atoms with Crippen LogP contribution in [0.5, 0.6) is 0 Å². The lowest BCUT2D eigenvalue weighted by Crippen LogP contribution is -2.46. The van der Waals surface area contributed by atoms with Crippen LogP contribution in [0.3, 0.4) is 0 Å². The van der Waals surface area contributed by atoms with Gasteiger partial charge in [-0.1, -0.05) is 61.5 Å². The van der Waals surface area contributed by atoms with E-state index in [9.17, 15) is 14.9 Å². The van der Waals surface area contributed by atoms with Gasteiger partial charge in [0.25, 0.3) is 5.91 Å². The number of carbonyl (C=O) groups is 2. The lowest BCUT2D eigenvalue weighted by Gasteiger charge is -2.27. The van der Waals surface area contributed by atoms with Gasteiger partial charge in [0.2, 0.25) is 0 Å². The Morgan fingerprint density at radius 3 is 2.33 bits per heavy atom. The fourth-order valence-electron chi connectivity index (χ4n) is 4.67. The van der Waals surface area contributed by atoms with Crippen LogP contribution in [0, 0.1) is 17.2 Å². The molecular formula is C33H31N3O3. The van der Waals surface area contributed by atoms with Crippen molar-refractivity contribution in [3.05, 3.63) is 125 Å². The Labute approximate surface area is 229 Å². The SMILES string of the molecule is CCc1cccc(-c2ccc(C(=O)NC(Cc3cccnc3)C(Cc3cccc(C#N)c3)C(=O)OC)cc2)c1. The fraction of sp³-hybridized carbons (Fsp3) is 0.212. The Morgan fingerprint density at radius 1 is 0.897 bits per heavy atom. The number of nitrogens with zero attached hydrogens (tertiary/aromatic N) is 2. The highest BCUT2D eigenvalue weighted by Crippen LogP contribution is 2.23. The molecule has 3 aromatic carbocycles. The molecule has 6 nitrogen and oxygen atoms in total. The van der Waals surface area contributed by atoms with Gasteiger partial charge in [0.1, 0.15) is 0 Å². The van der Waals surface area contributed by atoms with Crippen LogP contribution in [0.15, 0.2) is 97.3 Å². The van der Waals surface area contributed by atoms with Gasteiger partial charge < -0.3 is 10.1 Å². The van der Waals surface area contributed by atoms with Gasteiger partial charge in [0.15, 0.2) is 0 Å². The summed E-state index contributed by atoms with van der Waals surface area (Å²) in [4.78, 5) is 30.7. The standard InChI is InChI=1S/C33H31N3O3/c1-3-23-7-5-11-29(18-23)27-12-14-28(15-13-27)32(37)36-31(20-26-10-6-16-35-22-26)30(33(38)39-2)19-24-8-4-9-25(17-24)21-34/h4-18,22,30-31H,3,19-20H2,1-2H3,(H,36,37). The second kappa shape index (κ2) is 13.2. The summed E-state index contributed by atoms with van der Waals surface area (Å²) < 4.78 is 5.16. The van der Waals surface area contributed by atoms with Crippen molar-refractivity contribution < 1.29 is 14.3 Å². The van der Waals surface area contributed by atoms with E-state index in [1.165, 1.54) is 12.7 Å². The van der Waals surface area contributed by atoms with Gasteiger partial charge in [-0.15, -0.1) is 0 Å². The molecule has 1 N–H and O–H groups in total. The molecule has 0 radical (unpaired) electrons. The van der Waals surface area contributed by atoms with Crippen molar-refractivity contribution in [3.8, 4) is 17.2 Å². The minimum atomic E-state index is -0.677. The number of nitriles is 1. The molecule has 0 saturated carbocycles. The Bertz CT molecular complexity index is 1460. The second-order valence-electron chi connectivity index (χ2n) is 9.42. The number of ether oxygens (including phenoxy) is 1. The molecule has 0 aliphatic rings. The number of aryl methyl sites for hydroxylation is 1. The number of rotatable bonds is 10. The number of esters is 1. The van der Waals surface area contributed by atoms with Crippen molar-refractivity contribution in [2.45, 2.75) is 32.2 Å². The Balaban J connectivity index is 1.60. The maximum absolute atomic E-state index is 13.4. The fourth-order valence-corrected chi connectivity index (χ4v) is 4.67. The van der Waals surface area contributed by atoms with Crippen LogP contribution < -0.4 is 5.32 Å². The molecule has 0 bridgehead atoms. The van der Waals surface area contributed by atoms with Gasteiger partial charge in [0.05, 0.1) is 24.7 Å². The number of methoxy groups -OCH3 is 1. The predicted molar refractivity (Wildman–Crippen MR) is 151 cm³/mol. The number of benzene rings is 3. The van der Waals surface area contributed by atoms with Crippen molar-refractivity contribution in [3.63, 3.8) is 0 Å². The van der Waals surface area contributed by atoms with E-state index < -0.39 is 17.9 Å². The smallest absolute Gasteiger partial charge is 0.311 e. The van der Waals surface area contributed by atoms with E-state index in [-0.39, 0.29) is 5.91 Å². The number of amides is 1. The Morgan fingerprint density at radius 2 is 1.64 bits per heavy atom. The van der Waals surface area contributed by atoms with Crippen LogP contribution in [0.2, 0.25) is 0 Å². The topological polar surface area (TPSA) is 92.1 Å². The molecule has 39 heavy (non-hydrogen) atoms. The summed E-state index contributed by atoms with van der Waals surface area (Å²) in [6, 6.07) is 28.2. The number of nitrogens with one attached hydrogen (secondary N) is 1. The third kappa shape index (κ3) is 7.18. The van der Waals surface area contributed by atoms with Crippen LogP contribution in [0.1, 0.15) is 39.5 Å². The first-order valence-corrected chi connectivity index (χ1v) is 13.0. The van der Waals surface area contributed by atoms with E-state index >= 15 is 0 Å². The first kappa shape index (κ1) is 27.3. The van der Waals surface area contributed by atoms with Crippen molar-refractivity contribution in [1.82, 2.24) is 10.3 Å². The Kier molecular flexibility index (Phi) is 9.20. The summed E-state index contributed by atoms with van der Waals surface area (Å²) in [5.41, 5.74) is 6.08. The quantitative estimate of drug-likeness (QED) is 0.278. The molecule has 1 amide bonds. The highest BCUT2D eigenvalue weighted by Gasteiger charge is 2.31. The van der Waals surface area contributed by atoms with E-state index in [1.54, 1.807) is 42.7 Å². The Hall–Kier alpha value is -4.76. The van der Waals surface area contributed by atoms with Gasteiger partial charge >= 0.3 is 5.97 Å². The summed E-state index contributed by atoms with van der Waals surface area (Å²) >= 11 is 0. The zero-order valence-electron chi connectivity index (χ0n) is 22.1. The van der Waals surface area contributed by atoms with Crippen LogP contribution >= 0.6 is 0 Å². The van der Waals surface area contributed by atoms with Crippen LogP contribution in [0.4, 0.5) is 0 Å². The second-order valence-corrected chi connectivity index (χ2v) is 9.42. The first-order chi connectivity index (χ1) is 19.0. The van der Waals surface area contributed by atoms with Gasteiger partial charge in [0, 0.05) is 24.0 Å². The van der Waals surface area contributed by atoms with Crippen molar-refractivity contribution >= 4 is 11.9 Å². The van der Waals surface area contributed by atoms with Crippen molar-refractivity contribution in [1.29, 1.82) is 5.26 Å². The molecule has 6 heteroatoms. The lowest BCUT2D eigenvalue weighted by atomic mass is 9.87. The predicted octanol–water partition coefficient (Wildman–Crippen LogP) is 5.56. The number of hydrogen-bond donors (Lipinski definition) is 1. The maximum atomic E-state index is 13.4. The first-order valence-electron chi connectivity index (χ1n) is 13.0. The van der Waals surface area contributed by atoms with Gasteiger partial charge in [-0.3, -0.25) is 14.6 Å². The molecule has 2 unspecified atom stereocenters. The summed E-state index contributed by atoms with van der Waals surface area (Å²) in [5, 5.41) is 12.4. The van der Waals surface area contributed by atoms with Crippen molar-refractivity contribution in [2.24, 2.45) is 5.92 Å². The molecule has 1 aromatic heterocycles. The molecule has 0 aliphatic carbocycles. The molecule has 0 saturated heterocycles. The molecule has 196 valence electrons. The minimum absolute atomic E-state index is 0.280. The molecule has 0 spiro atoms. The van der Waals surface area contributed by atoms with E-state index in [2.05, 4.69) is 41.5 Å². The van der Waals surface area contributed by atoms with Crippen molar-refractivity contribution in [2.75, 3.05) is 7.11 Å². The van der Waals surface area contributed by atoms with Gasteiger partial charge in [-0.2, -0.15) is 5.26 Å². The minimum Gasteiger partial charge on any atom is -0.469 e. The van der Waals surface area contributed by atoms with Crippen LogP contribution in [-0.4, -0.2) is 30.0 Å². The number of hydrogen-bond acceptors (Lipinski definition) is 5. The van der Waals surface area contributed by atoms with E-state index in [0.29, 0.717) is 24.0 Å². The van der Waals surface area contributed by atoms with Crippen LogP contribution in [-0.2, 0) is 28.8 Å². The summed E-state index contributed by atoms with van der Waals surface area (Å²) in [7, 11) is 1.34. The lowest BCUT2D eigenvalue weighted by molar-refractivity contribution is -0.146. The zero-order chi connectivity index (χ0) is 27.6.